The van der Waals surface area contributed by atoms with Crippen LogP contribution in [0.25, 0.3) is 11.4 Å². The molecule has 0 bridgehead atoms. The first-order valence-corrected chi connectivity index (χ1v) is 7.50. The number of hydrogen-bond donors (Lipinski definition) is 0. The number of aromatic nitrogens is 3. The van der Waals surface area contributed by atoms with Gasteiger partial charge in [-0.3, -0.25) is 0 Å². The molecule has 0 aliphatic heterocycles. The van der Waals surface area contributed by atoms with Gasteiger partial charge in [0.05, 0.1) is 6.07 Å². The van der Waals surface area contributed by atoms with Crippen LogP contribution in [0, 0.1) is 18.3 Å². The average Bonchev–Trinajstić information content (AvgIpc) is 2.78. The molecule has 0 saturated carbocycles. The molecule has 0 amide bonds. The largest absolute Gasteiger partial charge is 0.305 e. The quantitative estimate of drug-likeness (QED) is 0.788. The highest BCUT2D eigenvalue weighted by Crippen LogP contribution is 2.27. The molecule has 2 aromatic rings. The van der Waals surface area contributed by atoms with Crippen LogP contribution in [-0.4, -0.2) is 20.0 Å². The minimum atomic E-state index is 0.364. The fourth-order valence-electron chi connectivity index (χ4n) is 1.96. The molecule has 1 aromatic carbocycles. The lowest BCUT2D eigenvalue weighted by Gasteiger charge is -2.08. The Balaban J connectivity index is 2.17. The third kappa shape index (κ3) is 3.40. The van der Waals surface area contributed by atoms with E-state index in [4.69, 9.17) is 5.26 Å². The Labute approximate surface area is 123 Å². The summed E-state index contributed by atoms with van der Waals surface area (Å²) in [6.07, 6.45) is 1.45. The molecule has 0 radical (unpaired) electrons. The van der Waals surface area contributed by atoms with Gasteiger partial charge in [0.1, 0.15) is 0 Å². The van der Waals surface area contributed by atoms with Crippen molar-refractivity contribution in [3.63, 3.8) is 0 Å². The van der Waals surface area contributed by atoms with Gasteiger partial charge in [-0.1, -0.05) is 42.4 Å². The van der Waals surface area contributed by atoms with Crippen molar-refractivity contribution in [2.75, 3.05) is 0 Å². The second kappa shape index (κ2) is 6.58. The molecule has 0 saturated heterocycles. The van der Waals surface area contributed by atoms with Crippen molar-refractivity contribution in [1.29, 1.82) is 5.26 Å². The van der Waals surface area contributed by atoms with E-state index >= 15 is 0 Å². The third-order valence-corrected chi connectivity index (χ3v) is 4.28. The van der Waals surface area contributed by atoms with Gasteiger partial charge in [-0.05, 0) is 19.4 Å². The van der Waals surface area contributed by atoms with E-state index in [9.17, 15) is 0 Å². The number of thioether (sulfide) groups is 1. The number of aryl methyl sites for hydroxylation is 1. The molecule has 1 aromatic heterocycles. The number of benzene rings is 1. The van der Waals surface area contributed by atoms with Crippen molar-refractivity contribution in [3.8, 4) is 17.5 Å². The molecular formula is C15H18N4S. The summed E-state index contributed by atoms with van der Waals surface area (Å²) in [5, 5.41) is 18.4. The molecule has 1 unspecified atom stereocenters. The van der Waals surface area contributed by atoms with E-state index in [0.29, 0.717) is 11.7 Å². The average molecular weight is 286 g/mol. The predicted octanol–water partition coefficient (Wildman–Crippen LogP) is 3.57. The third-order valence-electron chi connectivity index (χ3n) is 3.08. The first-order valence-electron chi connectivity index (χ1n) is 6.62. The zero-order chi connectivity index (χ0) is 14.5. The molecule has 0 aliphatic carbocycles. The van der Waals surface area contributed by atoms with Crippen LogP contribution in [0.2, 0.25) is 0 Å². The van der Waals surface area contributed by atoms with Gasteiger partial charge in [0, 0.05) is 24.3 Å². The molecule has 0 N–H and O–H groups in total. The van der Waals surface area contributed by atoms with E-state index in [0.717, 1.165) is 23.0 Å². The van der Waals surface area contributed by atoms with E-state index < -0.39 is 0 Å². The number of nitrogens with zero attached hydrogens (tertiary/aromatic N) is 4. The standard InChI is InChI=1S/C15H18N4S/c1-11-6-4-8-13(10-11)14-17-18-15(19(14)3)20-12(2)7-5-9-16/h4,6,8,10,12H,5,7H2,1-3H3. The van der Waals surface area contributed by atoms with Crippen molar-refractivity contribution in [3.05, 3.63) is 29.8 Å². The molecule has 5 heteroatoms. The van der Waals surface area contributed by atoms with Gasteiger partial charge in [-0.2, -0.15) is 5.26 Å². The first kappa shape index (κ1) is 14.6. The molecule has 20 heavy (non-hydrogen) atoms. The normalized spacial score (nSPS) is 12.1. The Morgan fingerprint density at radius 3 is 2.90 bits per heavy atom. The Bertz CT molecular complexity index is 627. The summed E-state index contributed by atoms with van der Waals surface area (Å²) in [4.78, 5) is 0. The number of nitriles is 1. The van der Waals surface area contributed by atoms with E-state index in [1.807, 2.05) is 23.7 Å². The van der Waals surface area contributed by atoms with Crippen molar-refractivity contribution in [2.45, 2.75) is 37.1 Å². The van der Waals surface area contributed by atoms with Crippen molar-refractivity contribution < 1.29 is 0 Å². The predicted molar refractivity (Wildman–Crippen MR) is 81.3 cm³/mol. The maximum absolute atomic E-state index is 8.62. The van der Waals surface area contributed by atoms with E-state index in [1.165, 1.54) is 5.56 Å². The van der Waals surface area contributed by atoms with Crippen molar-refractivity contribution in [1.82, 2.24) is 14.8 Å². The maximum atomic E-state index is 8.62. The lowest BCUT2D eigenvalue weighted by Crippen LogP contribution is -2.00. The molecule has 2 rings (SSSR count). The van der Waals surface area contributed by atoms with Gasteiger partial charge in [-0.25, -0.2) is 0 Å². The highest BCUT2D eigenvalue weighted by Gasteiger charge is 2.14. The number of rotatable bonds is 5. The second-order valence-electron chi connectivity index (χ2n) is 4.86. The first-order chi connectivity index (χ1) is 9.61. The van der Waals surface area contributed by atoms with E-state index in [-0.39, 0.29) is 0 Å². The summed E-state index contributed by atoms with van der Waals surface area (Å²) < 4.78 is 2.02. The van der Waals surface area contributed by atoms with Gasteiger partial charge < -0.3 is 4.57 Å². The Morgan fingerprint density at radius 1 is 1.40 bits per heavy atom. The molecule has 1 heterocycles. The summed E-state index contributed by atoms with van der Waals surface area (Å²) in [6, 6.07) is 10.4. The summed E-state index contributed by atoms with van der Waals surface area (Å²) in [5.74, 6) is 0.878. The van der Waals surface area contributed by atoms with E-state index in [2.05, 4.69) is 42.2 Å². The van der Waals surface area contributed by atoms with Crippen LogP contribution in [0.4, 0.5) is 0 Å². The molecule has 104 valence electrons. The fourth-order valence-corrected chi connectivity index (χ4v) is 2.89. The Morgan fingerprint density at radius 2 is 2.20 bits per heavy atom. The van der Waals surface area contributed by atoms with Gasteiger partial charge in [0.15, 0.2) is 11.0 Å². The van der Waals surface area contributed by atoms with Crippen LogP contribution in [0.3, 0.4) is 0 Å². The van der Waals surface area contributed by atoms with Crippen LogP contribution in [0.1, 0.15) is 25.3 Å². The van der Waals surface area contributed by atoms with Crippen LogP contribution >= 0.6 is 11.8 Å². The van der Waals surface area contributed by atoms with Gasteiger partial charge in [0.2, 0.25) is 0 Å². The minimum Gasteiger partial charge on any atom is -0.305 e. The van der Waals surface area contributed by atoms with Gasteiger partial charge in [0.25, 0.3) is 0 Å². The monoisotopic (exact) mass is 286 g/mol. The summed E-state index contributed by atoms with van der Waals surface area (Å²) in [7, 11) is 1.98. The highest BCUT2D eigenvalue weighted by molar-refractivity contribution is 7.99. The maximum Gasteiger partial charge on any atom is 0.191 e. The summed E-state index contributed by atoms with van der Waals surface area (Å²) >= 11 is 1.67. The van der Waals surface area contributed by atoms with Crippen molar-refractivity contribution >= 4 is 11.8 Å². The van der Waals surface area contributed by atoms with Crippen LogP contribution in [0.5, 0.6) is 0 Å². The molecule has 1 atom stereocenters. The molecule has 0 aliphatic rings. The Hall–Kier alpha value is -1.80. The topological polar surface area (TPSA) is 54.5 Å². The Kier molecular flexibility index (Phi) is 4.80. The van der Waals surface area contributed by atoms with Crippen LogP contribution in [-0.2, 0) is 7.05 Å². The summed E-state index contributed by atoms with van der Waals surface area (Å²) in [6.45, 7) is 4.18. The zero-order valence-electron chi connectivity index (χ0n) is 12.0. The molecular weight excluding hydrogens is 268 g/mol. The fraction of sp³-hybridized carbons (Fsp3) is 0.400. The summed E-state index contributed by atoms with van der Waals surface area (Å²) in [5.41, 5.74) is 2.29. The van der Waals surface area contributed by atoms with Crippen LogP contribution in [0.15, 0.2) is 29.4 Å². The lowest BCUT2D eigenvalue weighted by atomic mass is 10.1. The minimum absolute atomic E-state index is 0.364. The number of hydrogen-bond acceptors (Lipinski definition) is 4. The smallest absolute Gasteiger partial charge is 0.191 e. The zero-order valence-corrected chi connectivity index (χ0v) is 12.8. The van der Waals surface area contributed by atoms with E-state index in [1.54, 1.807) is 11.8 Å². The SMILES string of the molecule is Cc1cccc(-c2nnc(SC(C)CCC#N)n2C)c1. The van der Waals surface area contributed by atoms with Gasteiger partial charge >= 0.3 is 0 Å². The molecule has 0 fully saturated rings. The molecule has 0 spiro atoms. The highest BCUT2D eigenvalue weighted by atomic mass is 32.2. The van der Waals surface area contributed by atoms with Crippen LogP contribution < -0.4 is 0 Å². The second-order valence-corrected chi connectivity index (χ2v) is 6.27. The lowest BCUT2D eigenvalue weighted by molar-refractivity contribution is 0.776. The van der Waals surface area contributed by atoms with Gasteiger partial charge in [-0.15, -0.1) is 10.2 Å². The van der Waals surface area contributed by atoms with Crippen molar-refractivity contribution in [2.24, 2.45) is 7.05 Å². The molecule has 4 nitrogen and oxygen atoms in total.